The monoisotopic (exact) mass is 393 g/mol. The van der Waals surface area contributed by atoms with E-state index in [9.17, 15) is 4.79 Å². The van der Waals surface area contributed by atoms with Gasteiger partial charge in [0.15, 0.2) is 11.0 Å². The number of hydrogen-bond acceptors (Lipinski definition) is 5. The first kappa shape index (κ1) is 17.7. The summed E-state index contributed by atoms with van der Waals surface area (Å²) in [6, 6.07) is 12.6. The van der Waals surface area contributed by atoms with Gasteiger partial charge in [0.2, 0.25) is 5.91 Å². The Bertz CT molecular complexity index is 881. The predicted molar refractivity (Wildman–Crippen MR) is 100 cm³/mol. The number of pyridine rings is 1. The summed E-state index contributed by atoms with van der Waals surface area (Å²) in [6.07, 6.45) is 0. The van der Waals surface area contributed by atoms with Gasteiger partial charge in [0.1, 0.15) is 10.3 Å². The largest absolute Gasteiger partial charge is 0.325 e. The highest BCUT2D eigenvalue weighted by Crippen LogP contribution is 2.26. The first-order valence-electron chi connectivity index (χ1n) is 7.23. The zero-order valence-corrected chi connectivity index (χ0v) is 15.4. The van der Waals surface area contributed by atoms with Crippen LogP contribution in [0.5, 0.6) is 0 Å². The maximum atomic E-state index is 12.0. The van der Waals surface area contributed by atoms with Crippen LogP contribution in [0.1, 0.15) is 0 Å². The molecule has 0 bridgehead atoms. The lowest BCUT2D eigenvalue weighted by atomic mass is 10.2. The molecule has 0 aliphatic heterocycles. The summed E-state index contributed by atoms with van der Waals surface area (Å²) in [4.78, 5) is 15.9. The molecule has 0 fully saturated rings. The van der Waals surface area contributed by atoms with E-state index in [0.29, 0.717) is 16.5 Å². The molecule has 0 saturated heterocycles. The van der Waals surface area contributed by atoms with Crippen LogP contribution in [0, 0.1) is 0 Å². The Balaban J connectivity index is 1.68. The average molecular weight is 394 g/mol. The van der Waals surface area contributed by atoms with Gasteiger partial charge in [-0.15, -0.1) is 10.2 Å². The summed E-state index contributed by atoms with van der Waals surface area (Å²) < 4.78 is 1.78. The van der Waals surface area contributed by atoms with Gasteiger partial charge < -0.3 is 9.88 Å². The fourth-order valence-corrected chi connectivity index (χ4v) is 3.31. The Morgan fingerprint density at radius 3 is 2.52 bits per heavy atom. The fourth-order valence-electron chi connectivity index (χ4n) is 2.13. The molecule has 0 aliphatic carbocycles. The van der Waals surface area contributed by atoms with Crippen LogP contribution >= 0.6 is 35.0 Å². The summed E-state index contributed by atoms with van der Waals surface area (Å²) >= 11 is 13.1. The molecule has 9 heteroatoms. The van der Waals surface area contributed by atoms with Gasteiger partial charge in [-0.1, -0.05) is 53.2 Å². The lowest BCUT2D eigenvalue weighted by Crippen LogP contribution is -2.14. The number of amides is 1. The average Bonchev–Trinajstić information content (AvgIpc) is 2.94. The molecule has 1 aromatic carbocycles. The summed E-state index contributed by atoms with van der Waals surface area (Å²) in [5.41, 5.74) is 1.47. The van der Waals surface area contributed by atoms with Crippen molar-refractivity contribution >= 4 is 46.6 Å². The molecule has 3 rings (SSSR count). The van der Waals surface area contributed by atoms with Gasteiger partial charge in [0.25, 0.3) is 0 Å². The van der Waals surface area contributed by atoms with Crippen LogP contribution in [0.15, 0.2) is 47.6 Å². The van der Waals surface area contributed by atoms with Crippen LogP contribution in [0.2, 0.25) is 10.3 Å². The topological polar surface area (TPSA) is 72.7 Å². The number of anilines is 1. The molecular weight excluding hydrogens is 381 g/mol. The third-order valence-electron chi connectivity index (χ3n) is 3.25. The molecule has 0 saturated carbocycles. The minimum atomic E-state index is -0.115. The summed E-state index contributed by atoms with van der Waals surface area (Å²) in [5, 5.41) is 12.3. The van der Waals surface area contributed by atoms with Crippen LogP contribution in [0.3, 0.4) is 0 Å². The van der Waals surface area contributed by atoms with Crippen molar-refractivity contribution in [2.45, 2.75) is 5.16 Å². The zero-order chi connectivity index (χ0) is 17.8. The van der Waals surface area contributed by atoms with Crippen molar-refractivity contribution in [3.8, 4) is 11.4 Å². The van der Waals surface area contributed by atoms with E-state index < -0.39 is 0 Å². The number of nitrogens with zero attached hydrogens (tertiary/aromatic N) is 4. The van der Waals surface area contributed by atoms with Crippen molar-refractivity contribution in [2.24, 2.45) is 7.05 Å². The van der Waals surface area contributed by atoms with E-state index in [1.165, 1.54) is 11.8 Å². The lowest BCUT2D eigenvalue weighted by molar-refractivity contribution is -0.113. The number of benzene rings is 1. The maximum absolute atomic E-state index is 12.0. The van der Waals surface area contributed by atoms with Crippen LogP contribution in [-0.4, -0.2) is 31.4 Å². The van der Waals surface area contributed by atoms with E-state index in [2.05, 4.69) is 20.5 Å². The van der Waals surface area contributed by atoms with Gasteiger partial charge in [-0.05, 0) is 24.3 Å². The van der Waals surface area contributed by atoms with Crippen molar-refractivity contribution in [3.63, 3.8) is 0 Å². The Morgan fingerprint density at radius 2 is 1.84 bits per heavy atom. The third-order valence-corrected chi connectivity index (χ3v) is 4.65. The van der Waals surface area contributed by atoms with Crippen molar-refractivity contribution in [1.29, 1.82) is 0 Å². The van der Waals surface area contributed by atoms with Crippen molar-refractivity contribution < 1.29 is 4.79 Å². The highest BCUT2D eigenvalue weighted by molar-refractivity contribution is 7.99. The standard InChI is InChI=1S/C16H13Cl2N5OS/c1-23-15(10-7-12(17)20-13(18)8-10)21-22-16(23)25-9-14(24)19-11-5-3-2-4-6-11/h2-8H,9H2,1H3,(H,19,24). The number of halogens is 2. The highest BCUT2D eigenvalue weighted by atomic mass is 35.5. The number of carbonyl (C=O) groups excluding carboxylic acids is 1. The highest BCUT2D eigenvalue weighted by Gasteiger charge is 2.14. The molecule has 2 heterocycles. The Hall–Kier alpha value is -2.09. The Morgan fingerprint density at radius 1 is 1.16 bits per heavy atom. The number of rotatable bonds is 5. The molecule has 0 unspecified atom stereocenters. The van der Waals surface area contributed by atoms with E-state index in [1.54, 1.807) is 16.7 Å². The van der Waals surface area contributed by atoms with E-state index in [1.807, 2.05) is 37.4 Å². The van der Waals surface area contributed by atoms with Gasteiger partial charge in [-0.2, -0.15) is 0 Å². The molecule has 0 aliphatic rings. The molecule has 0 atom stereocenters. The number of carbonyl (C=O) groups is 1. The fraction of sp³-hybridized carbons (Fsp3) is 0.125. The molecule has 3 aromatic rings. The van der Waals surface area contributed by atoms with E-state index >= 15 is 0 Å². The normalized spacial score (nSPS) is 10.7. The van der Waals surface area contributed by atoms with Gasteiger partial charge >= 0.3 is 0 Å². The molecule has 1 N–H and O–H groups in total. The van der Waals surface area contributed by atoms with Crippen LogP contribution in [0.4, 0.5) is 5.69 Å². The lowest BCUT2D eigenvalue weighted by Gasteiger charge is -2.06. The summed E-state index contributed by atoms with van der Waals surface area (Å²) in [7, 11) is 1.81. The number of para-hydroxylation sites is 1. The Labute approximate surface area is 158 Å². The molecule has 1 amide bonds. The van der Waals surface area contributed by atoms with Crippen LogP contribution in [0.25, 0.3) is 11.4 Å². The molecule has 25 heavy (non-hydrogen) atoms. The van der Waals surface area contributed by atoms with Crippen LogP contribution in [-0.2, 0) is 11.8 Å². The zero-order valence-electron chi connectivity index (χ0n) is 13.1. The van der Waals surface area contributed by atoms with Crippen molar-refractivity contribution in [1.82, 2.24) is 19.7 Å². The first-order valence-corrected chi connectivity index (χ1v) is 8.97. The molecule has 2 aromatic heterocycles. The number of aromatic nitrogens is 4. The van der Waals surface area contributed by atoms with E-state index in [-0.39, 0.29) is 22.0 Å². The minimum absolute atomic E-state index is 0.115. The smallest absolute Gasteiger partial charge is 0.234 e. The molecular formula is C16H13Cl2N5OS. The Kier molecular flexibility index (Phi) is 5.57. The first-order chi connectivity index (χ1) is 12.0. The SMILES string of the molecule is Cn1c(SCC(=O)Nc2ccccc2)nnc1-c1cc(Cl)nc(Cl)c1. The second-order valence-corrected chi connectivity index (χ2v) is 6.79. The maximum Gasteiger partial charge on any atom is 0.234 e. The molecule has 128 valence electrons. The number of hydrogen-bond donors (Lipinski definition) is 1. The van der Waals surface area contributed by atoms with Gasteiger partial charge in [-0.3, -0.25) is 4.79 Å². The van der Waals surface area contributed by atoms with Gasteiger partial charge in [0.05, 0.1) is 5.75 Å². The minimum Gasteiger partial charge on any atom is -0.325 e. The third kappa shape index (κ3) is 4.50. The van der Waals surface area contributed by atoms with Gasteiger partial charge in [0, 0.05) is 18.3 Å². The molecule has 0 radical (unpaired) electrons. The van der Waals surface area contributed by atoms with Gasteiger partial charge in [-0.25, -0.2) is 4.98 Å². The second-order valence-electron chi connectivity index (χ2n) is 5.07. The summed E-state index contributed by atoms with van der Waals surface area (Å²) in [5.74, 6) is 0.701. The molecule has 6 nitrogen and oxygen atoms in total. The second kappa shape index (κ2) is 7.86. The number of nitrogens with one attached hydrogen (secondary N) is 1. The van der Waals surface area contributed by atoms with E-state index in [0.717, 1.165) is 5.69 Å². The predicted octanol–water partition coefficient (Wildman–Crippen LogP) is 3.91. The summed E-state index contributed by atoms with van der Waals surface area (Å²) in [6.45, 7) is 0. The van der Waals surface area contributed by atoms with Crippen molar-refractivity contribution in [2.75, 3.05) is 11.1 Å². The van der Waals surface area contributed by atoms with Crippen LogP contribution < -0.4 is 5.32 Å². The molecule has 0 spiro atoms. The quantitative estimate of drug-likeness (QED) is 0.525. The van der Waals surface area contributed by atoms with Crippen molar-refractivity contribution in [3.05, 3.63) is 52.8 Å². The number of thioether (sulfide) groups is 1. The van der Waals surface area contributed by atoms with E-state index in [4.69, 9.17) is 23.2 Å².